The molecule has 5 N–H and O–H groups in total. The Labute approximate surface area is 109 Å². The van der Waals surface area contributed by atoms with E-state index in [0.717, 1.165) is 0 Å². The summed E-state index contributed by atoms with van der Waals surface area (Å²) >= 11 is 0. The van der Waals surface area contributed by atoms with Crippen LogP contribution in [0.25, 0.3) is 0 Å². The Kier molecular flexibility index (Phi) is 3.30. The van der Waals surface area contributed by atoms with Crippen LogP contribution in [0.15, 0.2) is 36.5 Å². The Morgan fingerprint density at radius 1 is 1.37 bits per heavy atom. The Morgan fingerprint density at radius 2 is 2.16 bits per heavy atom. The fourth-order valence-electron chi connectivity index (χ4n) is 1.56. The molecule has 6 heteroatoms. The van der Waals surface area contributed by atoms with Gasteiger partial charge in [0.05, 0.1) is 29.1 Å². The minimum absolute atomic E-state index is 0.203. The summed E-state index contributed by atoms with van der Waals surface area (Å²) in [6.07, 6.45) is 1.36. The zero-order chi connectivity index (χ0) is 13.8. The van der Waals surface area contributed by atoms with Crippen LogP contribution in [-0.4, -0.2) is 10.9 Å². The number of primary amides is 1. The minimum atomic E-state index is -0.617. The Balaban J connectivity index is 2.31. The van der Waals surface area contributed by atoms with Crippen molar-refractivity contribution in [1.82, 2.24) is 4.98 Å². The van der Waals surface area contributed by atoms with Crippen LogP contribution in [0, 0.1) is 11.3 Å². The van der Waals surface area contributed by atoms with Crippen molar-refractivity contribution in [3.63, 3.8) is 0 Å². The maximum absolute atomic E-state index is 11.2. The molecule has 2 rings (SSSR count). The number of rotatable bonds is 3. The number of benzene rings is 1. The number of hydrogen-bond acceptors (Lipinski definition) is 5. The Hall–Kier alpha value is -3.07. The number of nitrogen functional groups attached to an aromatic ring is 1. The molecule has 0 aliphatic heterocycles. The van der Waals surface area contributed by atoms with Crippen molar-refractivity contribution in [3.8, 4) is 6.07 Å². The summed E-state index contributed by atoms with van der Waals surface area (Å²) in [7, 11) is 0. The molecular formula is C13H11N5O. The van der Waals surface area contributed by atoms with Crippen molar-refractivity contribution in [3.05, 3.63) is 47.7 Å². The molecule has 0 bridgehead atoms. The van der Waals surface area contributed by atoms with E-state index in [1.165, 1.54) is 12.3 Å². The molecule has 1 amide bonds. The van der Waals surface area contributed by atoms with E-state index in [9.17, 15) is 4.79 Å². The summed E-state index contributed by atoms with van der Waals surface area (Å²) in [5.74, 6) is -0.188. The predicted molar refractivity (Wildman–Crippen MR) is 71.6 cm³/mol. The maximum Gasteiger partial charge on any atom is 0.250 e. The number of nitrogens with two attached hydrogens (primary N) is 2. The van der Waals surface area contributed by atoms with Crippen molar-refractivity contribution < 1.29 is 4.79 Å². The number of anilines is 3. The van der Waals surface area contributed by atoms with E-state index in [1.54, 1.807) is 24.3 Å². The van der Waals surface area contributed by atoms with E-state index in [1.807, 2.05) is 6.07 Å². The number of hydrogen-bond donors (Lipinski definition) is 3. The molecule has 0 spiro atoms. The van der Waals surface area contributed by atoms with Gasteiger partial charge in [-0.1, -0.05) is 6.07 Å². The summed E-state index contributed by atoms with van der Waals surface area (Å²) in [5, 5.41) is 11.8. The molecule has 1 aromatic heterocycles. The first kappa shape index (κ1) is 12.4. The van der Waals surface area contributed by atoms with Gasteiger partial charge in [-0.3, -0.25) is 4.79 Å². The van der Waals surface area contributed by atoms with Gasteiger partial charge in [-0.15, -0.1) is 0 Å². The first-order valence-corrected chi connectivity index (χ1v) is 5.42. The maximum atomic E-state index is 11.2. The molecule has 0 saturated carbocycles. The zero-order valence-corrected chi connectivity index (χ0v) is 9.92. The smallest absolute Gasteiger partial charge is 0.250 e. The highest BCUT2D eigenvalue weighted by Gasteiger charge is 2.08. The third kappa shape index (κ3) is 2.79. The Bertz CT molecular complexity index is 675. The van der Waals surface area contributed by atoms with Gasteiger partial charge in [-0.05, 0) is 24.3 Å². The Morgan fingerprint density at radius 3 is 2.84 bits per heavy atom. The monoisotopic (exact) mass is 253 g/mol. The summed E-state index contributed by atoms with van der Waals surface area (Å²) in [4.78, 5) is 15.2. The van der Waals surface area contributed by atoms with Crippen LogP contribution in [0.2, 0.25) is 0 Å². The van der Waals surface area contributed by atoms with Crippen LogP contribution < -0.4 is 16.8 Å². The van der Waals surface area contributed by atoms with Crippen molar-refractivity contribution in [2.75, 3.05) is 11.1 Å². The number of carbonyl (C=O) groups excluding carboxylic acids is 1. The second-order valence-electron chi connectivity index (χ2n) is 3.84. The largest absolute Gasteiger partial charge is 0.397 e. The lowest BCUT2D eigenvalue weighted by atomic mass is 10.2. The van der Waals surface area contributed by atoms with Gasteiger partial charge in [-0.25, -0.2) is 4.98 Å². The average molecular weight is 253 g/mol. The number of aromatic nitrogens is 1. The molecule has 6 nitrogen and oxygen atoms in total. The van der Waals surface area contributed by atoms with Gasteiger partial charge in [-0.2, -0.15) is 5.26 Å². The third-order valence-corrected chi connectivity index (χ3v) is 2.46. The standard InChI is InChI=1S/C13H11N5O/c14-6-8-2-1-3-9(4-8)18-12-5-10(13(16)19)11(15)7-17-12/h1-5,7H,15H2,(H2,16,19)(H,17,18). The third-order valence-electron chi connectivity index (χ3n) is 2.46. The highest BCUT2D eigenvalue weighted by molar-refractivity contribution is 5.98. The van der Waals surface area contributed by atoms with E-state index in [4.69, 9.17) is 16.7 Å². The predicted octanol–water partition coefficient (Wildman–Crippen LogP) is 1.38. The number of nitriles is 1. The van der Waals surface area contributed by atoms with Crippen molar-refractivity contribution in [2.45, 2.75) is 0 Å². The van der Waals surface area contributed by atoms with E-state index < -0.39 is 5.91 Å². The lowest BCUT2D eigenvalue weighted by Crippen LogP contribution is -2.14. The molecule has 0 unspecified atom stereocenters. The molecule has 0 fully saturated rings. The molecule has 0 aliphatic rings. The summed E-state index contributed by atoms with van der Waals surface area (Å²) in [6.45, 7) is 0. The SMILES string of the molecule is N#Cc1cccc(Nc2cc(C(N)=O)c(N)cn2)c1. The molecule has 2 aromatic rings. The van der Waals surface area contributed by atoms with Crippen LogP contribution in [0.4, 0.5) is 17.2 Å². The van der Waals surface area contributed by atoms with Crippen molar-refractivity contribution >= 4 is 23.1 Å². The van der Waals surface area contributed by atoms with Crippen LogP contribution in [0.1, 0.15) is 15.9 Å². The quantitative estimate of drug-likeness (QED) is 0.763. The normalized spacial score (nSPS) is 9.63. The van der Waals surface area contributed by atoms with E-state index in [0.29, 0.717) is 17.1 Å². The van der Waals surface area contributed by atoms with E-state index in [2.05, 4.69) is 10.3 Å². The van der Waals surface area contributed by atoms with Crippen LogP contribution in [0.5, 0.6) is 0 Å². The highest BCUT2D eigenvalue weighted by Crippen LogP contribution is 2.19. The average Bonchev–Trinajstić information content (AvgIpc) is 2.41. The number of amides is 1. The van der Waals surface area contributed by atoms with Gasteiger partial charge < -0.3 is 16.8 Å². The second kappa shape index (κ2) is 5.06. The van der Waals surface area contributed by atoms with Gasteiger partial charge in [0.1, 0.15) is 5.82 Å². The zero-order valence-electron chi connectivity index (χ0n) is 9.92. The summed E-state index contributed by atoms with van der Waals surface area (Å²) in [6, 6.07) is 10.4. The lowest BCUT2D eigenvalue weighted by molar-refractivity contribution is 0.100. The number of nitrogens with zero attached hydrogens (tertiary/aromatic N) is 2. The second-order valence-corrected chi connectivity index (χ2v) is 3.84. The van der Waals surface area contributed by atoms with E-state index >= 15 is 0 Å². The fourth-order valence-corrected chi connectivity index (χ4v) is 1.56. The van der Waals surface area contributed by atoms with Crippen LogP contribution >= 0.6 is 0 Å². The van der Waals surface area contributed by atoms with Crippen molar-refractivity contribution in [1.29, 1.82) is 5.26 Å². The number of nitrogens with one attached hydrogen (secondary N) is 1. The molecule has 94 valence electrons. The van der Waals surface area contributed by atoms with Gasteiger partial charge >= 0.3 is 0 Å². The fraction of sp³-hybridized carbons (Fsp3) is 0. The first-order chi connectivity index (χ1) is 9.10. The number of pyridine rings is 1. The molecule has 1 aromatic carbocycles. The lowest BCUT2D eigenvalue weighted by Gasteiger charge is -2.08. The molecule has 0 aliphatic carbocycles. The summed E-state index contributed by atoms with van der Waals surface area (Å²) in [5.41, 5.74) is 12.4. The molecule has 19 heavy (non-hydrogen) atoms. The van der Waals surface area contributed by atoms with Gasteiger partial charge in [0.2, 0.25) is 0 Å². The van der Waals surface area contributed by atoms with E-state index in [-0.39, 0.29) is 11.3 Å². The summed E-state index contributed by atoms with van der Waals surface area (Å²) < 4.78 is 0. The van der Waals surface area contributed by atoms with Crippen LogP contribution in [0.3, 0.4) is 0 Å². The molecule has 0 atom stereocenters. The minimum Gasteiger partial charge on any atom is -0.397 e. The van der Waals surface area contributed by atoms with Gasteiger partial charge in [0.15, 0.2) is 0 Å². The molecule has 1 heterocycles. The van der Waals surface area contributed by atoms with Gasteiger partial charge in [0.25, 0.3) is 5.91 Å². The molecule has 0 radical (unpaired) electrons. The van der Waals surface area contributed by atoms with Crippen LogP contribution in [-0.2, 0) is 0 Å². The van der Waals surface area contributed by atoms with Gasteiger partial charge in [0, 0.05) is 5.69 Å². The highest BCUT2D eigenvalue weighted by atomic mass is 16.1. The topological polar surface area (TPSA) is 118 Å². The molecule has 0 saturated heterocycles. The first-order valence-electron chi connectivity index (χ1n) is 5.42. The molecular weight excluding hydrogens is 242 g/mol. The number of carbonyl (C=O) groups is 1. The van der Waals surface area contributed by atoms with Crippen molar-refractivity contribution in [2.24, 2.45) is 5.73 Å².